The Morgan fingerprint density at radius 3 is 2.53 bits per heavy atom. The van der Waals surface area contributed by atoms with Gasteiger partial charge in [-0.2, -0.15) is 13.2 Å². The number of alkyl halides is 3. The average molecular weight is 426 g/mol. The molecule has 1 aromatic heterocycles. The first-order chi connectivity index (χ1) is 14.1. The lowest BCUT2D eigenvalue weighted by Gasteiger charge is -2.16. The maximum absolute atomic E-state index is 13.1. The Balaban J connectivity index is 1.75. The normalized spacial score (nSPS) is 26.9. The molecule has 0 aromatic carbocycles. The fourth-order valence-corrected chi connectivity index (χ4v) is 4.28. The first-order valence-corrected chi connectivity index (χ1v) is 10.1. The molecule has 2 atom stereocenters. The quantitative estimate of drug-likeness (QED) is 0.490. The van der Waals surface area contributed by atoms with Crippen molar-refractivity contribution in [2.75, 3.05) is 26.1 Å². The molecule has 1 aromatic rings. The molecule has 1 heterocycles. The second-order valence-electron chi connectivity index (χ2n) is 8.21. The van der Waals surface area contributed by atoms with Gasteiger partial charge in [0.1, 0.15) is 5.82 Å². The number of nitrogen functional groups attached to an aromatic ring is 1. The smallest absolute Gasteiger partial charge is 0.398 e. The number of rotatable bonds is 8. The van der Waals surface area contributed by atoms with Gasteiger partial charge in [0.25, 0.3) is 0 Å². The summed E-state index contributed by atoms with van der Waals surface area (Å²) in [5.41, 5.74) is 11.8. The van der Waals surface area contributed by atoms with Gasteiger partial charge in [0.05, 0.1) is 24.9 Å². The summed E-state index contributed by atoms with van der Waals surface area (Å²) in [5.74, 6) is 0.632. The molecule has 2 aliphatic rings. The largest absolute Gasteiger partial charge is 0.419 e. The van der Waals surface area contributed by atoms with Gasteiger partial charge in [-0.1, -0.05) is 0 Å². The highest BCUT2D eigenvalue weighted by Gasteiger charge is 2.58. The molecular weight excluding hydrogens is 397 g/mol. The standard InChI is InChI=1S/C21H29F3N4O2/c1-11(2)28-18(19-14-7-13(8-15(14)19)30-5-4-29-3)9-17(25)12-6-16(21(22,23)24)20(26)27-10-12/h6,9-11,13-15,19H,4-5,7-8,25H2,1-3H3,(H2,26,27). The number of hydrogen-bond acceptors (Lipinski definition) is 6. The van der Waals surface area contributed by atoms with Crippen LogP contribution in [0.1, 0.15) is 37.8 Å². The summed E-state index contributed by atoms with van der Waals surface area (Å²) in [6.07, 6.45) is 0.488. The third kappa shape index (κ3) is 5.13. The van der Waals surface area contributed by atoms with Crippen molar-refractivity contribution < 1.29 is 22.6 Å². The fourth-order valence-electron chi connectivity index (χ4n) is 4.28. The Bertz CT molecular complexity index is 811. The van der Waals surface area contributed by atoms with Crippen molar-refractivity contribution in [2.45, 2.75) is 45.0 Å². The van der Waals surface area contributed by atoms with E-state index in [-0.39, 0.29) is 29.3 Å². The van der Waals surface area contributed by atoms with Crippen LogP contribution < -0.4 is 11.5 Å². The Hall–Kier alpha value is -2.13. The van der Waals surface area contributed by atoms with Crippen molar-refractivity contribution in [1.82, 2.24) is 4.98 Å². The minimum Gasteiger partial charge on any atom is -0.398 e. The molecule has 30 heavy (non-hydrogen) atoms. The minimum atomic E-state index is -4.59. The van der Waals surface area contributed by atoms with Gasteiger partial charge in [-0.25, -0.2) is 4.98 Å². The van der Waals surface area contributed by atoms with Crippen molar-refractivity contribution >= 4 is 17.2 Å². The van der Waals surface area contributed by atoms with Gasteiger partial charge in [0, 0.05) is 42.2 Å². The van der Waals surface area contributed by atoms with Gasteiger partial charge < -0.3 is 20.9 Å². The number of methoxy groups -OCH3 is 1. The first kappa shape index (κ1) is 22.6. The highest BCUT2D eigenvalue weighted by molar-refractivity contribution is 6.04. The molecule has 2 saturated carbocycles. The Kier molecular flexibility index (Phi) is 6.71. The molecule has 0 radical (unpaired) electrons. The van der Waals surface area contributed by atoms with E-state index in [0.717, 1.165) is 24.6 Å². The zero-order chi connectivity index (χ0) is 22.1. The Morgan fingerprint density at radius 2 is 1.97 bits per heavy atom. The van der Waals surface area contributed by atoms with E-state index in [2.05, 4.69) is 4.98 Å². The molecule has 0 aliphatic heterocycles. The van der Waals surface area contributed by atoms with Crippen LogP contribution in [-0.2, 0) is 15.7 Å². The average Bonchev–Trinajstić information content (AvgIpc) is 3.15. The molecule has 0 saturated heterocycles. The molecule has 2 fully saturated rings. The summed E-state index contributed by atoms with van der Waals surface area (Å²) in [6, 6.07) is 0.989. The maximum atomic E-state index is 13.1. The second kappa shape index (κ2) is 8.93. The summed E-state index contributed by atoms with van der Waals surface area (Å²) >= 11 is 0. The molecule has 4 N–H and O–H groups in total. The van der Waals surface area contributed by atoms with Crippen molar-refractivity contribution in [3.05, 3.63) is 29.5 Å². The molecule has 9 heteroatoms. The van der Waals surface area contributed by atoms with Gasteiger partial charge in [0.15, 0.2) is 0 Å². The lowest BCUT2D eigenvalue weighted by molar-refractivity contribution is -0.137. The van der Waals surface area contributed by atoms with Crippen LogP contribution in [0.5, 0.6) is 0 Å². The van der Waals surface area contributed by atoms with Gasteiger partial charge in [-0.05, 0) is 50.7 Å². The summed E-state index contributed by atoms with van der Waals surface area (Å²) in [6.45, 7) is 5.08. The third-order valence-electron chi connectivity index (χ3n) is 5.65. The predicted octanol–water partition coefficient (Wildman–Crippen LogP) is 3.52. The molecule has 166 valence electrons. The number of allylic oxidation sites excluding steroid dienone is 1. The van der Waals surface area contributed by atoms with E-state index in [1.54, 1.807) is 13.2 Å². The Morgan fingerprint density at radius 1 is 1.30 bits per heavy atom. The van der Waals surface area contributed by atoms with Gasteiger partial charge in [0.2, 0.25) is 0 Å². The number of nitrogens with zero attached hydrogens (tertiary/aromatic N) is 2. The number of fused-ring (bicyclic) bond motifs is 1. The van der Waals surface area contributed by atoms with E-state index in [0.29, 0.717) is 25.0 Å². The molecule has 0 spiro atoms. The lowest BCUT2D eigenvalue weighted by Crippen LogP contribution is -2.18. The molecular formula is C21H29F3N4O2. The number of aromatic nitrogens is 1. The van der Waals surface area contributed by atoms with Crippen LogP contribution in [0.25, 0.3) is 5.70 Å². The molecule has 6 nitrogen and oxygen atoms in total. The number of halogens is 3. The van der Waals surface area contributed by atoms with Crippen molar-refractivity contribution in [3.8, 4) is 0 Å². The molecule has 0 bridgehead atoms. The number of ether oxygens (including phenoxy) is 2. The van der Waals surface area contributed by atoms with Crippen LogP contribution in [-0.4, -0.2) is 43.2 Å². The monoisotopic (exact) mass is 426 g/mol. The van der Waals surface area contributed by atoms with Crippen molar-refractivity contribution in [1.29, 1.82) is 0 Å². The number of aliphatic imine (C=N–C) groups is 1. The molecule has 0 amide bonds. The second-order valence-corrected chi connectivity index (χ2v) is 8.21. The van der Waals surface area contributed by atoms with Crippen LogP contribution in [0.4, 0.5) is 19.0 Å². The highest BCUT2D eigenvalue weighted by atomic mass is 19.4. The zero-order valence-corrected chi connectivity index (χ0v) is 17.4. The number of nitrogens with two attached hydrogens (primary N) is 2. The molecule has 2 aliphatic carbocycles. The molecule has 2 unspecified atom stereocenters. The highest BCUT2D eigenvalue weighted by Crippen LogP contribution is 2.59. The van der Waals surface area contributed by atoms with Crippen LogP contribution in [0.2, 0.25) is 0 Å². The van der Waals surface area contributed by atoms with E-state index >= 15 is 0 Å². The van der Waals surface area contributed by atoms with Gasteiger partial charge >= 0.3 is 6.18 Å². The van der Waals surface area contributed by atoms with Crippen LogP contribution in [0.15, 0.2) is 23.3 Å². The number of pyridine rings is 1. The van der Waals surface area contributed by atoms with Crippen molar-refractivity contribution in [3.63, 3.8) is 0 Å². The van der Waals surface area contributed by atoms with Crippen LogP contribution >= 0.6 is 0 Å². The maximum Gasteiger partial charge on any atom is 0.419 e. The number of hydrogen-bond donors (Lipinski definition) is 2. The van der Waals surface area contributed by atoms with E-state index < -0.39 is 17.6 Å². The van der Waals surface area contributed by atoms with E-state index in [9.17, 15) is 13.2 Å². The third-order valence-corrected chi connectivity index (χ3v) is 5.65. The van der Waals surface area contributed by atoms with E-state index in [1.807, 2.05) is 13.8 Å². The minimum absolute atomic E-state index is 0.0504. The Labute approximate surface area is 174 Å². The van der Waals surface area contributed by atoms with Crippen LogP contribution in [0, 0.1) is 17.8 Å². The SMILES string of the molecule is COCCOC1CC2C(C1)C2C(C=C(N)c1cnc(N)c(C(F)(F)F)c1)=NC(C)C. The van der Waals surface area contributed by atoms with Crippen molar-refractivity contribution in [2.24, 2.45) is 28.5 Å². The summed E-state index contributed by atoms with van der Waals surface area (Å²) in [5, 5.41) is 0. The first-order valence-electron chi connectivity index (χ1n) is 10.1. The summed E-state index contributed by atoms with van der Waals surface area (Å²) in [7, 11) is 1.64. The van der Waals surface area contributed by atoms with Gasteiger partial charge in [-0.15, -0.1) is 0 Å². The topological polar surface area (TPSA) is 95.8 Å². The fraction of sp³-hybridized carbons (Fsp3) is 0.619. The zero-order valence-electron chi connectivity index (χ0n) is 17.4. The van der Waals surface area contributed by atoms with Crippen LogP contribution in [0.3, 0.4) is 0 Å². The van der Waals surface area contributed by atoms with E-state index in [4.69, 9.17) is 25.9 Å². The summed E-state index contributed by atoms with van der Waals surface area (Å²) in [4.78, 5) is 8.38. The number of anilines is 1. The lowest BCUT2D eigenvalue weighted by atomic mass is 10.0. The van der Waals surface area contributed by atoms with Gasteiger partial charge in [-0.3, -0.25) is 4.99 Å². The van der Waals surface area contributed by atoms with E-state index in [1.165, 1.54) is 6.20 Å². The summed E-state index contributed by atoms with van der Waals surface area (Å²) < 4.78 is 50.3. The predicted molar refractivity (Wildman–Crippen MR) is 110 cm³/mol. The molecule has 3 rings (SSSR count).